The molecule has 0 amide bonds. The summed E-state index contributed by atoms with van der Waals surface area (Å²) >= 11 is 0. The molecule has 5 heteroatoms. The fourth-order valence-corrected chi connectivity index (χ4v) is 2.88. The number of rotatable bonds is 5. The van der Waals surface area contributed by atoms with Crippen molar-refractivity contribution in [1.82, 2.24) is 0 Å². The molecule has 2 aromatic carbocycles. The second-order valence-electron chi connectivity index (χ2n) is 5.34. The third kappa shape index (κ3) is 2.41. The number of Topliss-reactive ketones (excluding diaryl/α,β-unsaturated/α-hetero) is 1. The average molecular weight is 295 g/mol. The number of ketones is 1. The molecule has 22 heavy (non-hydrogen) atoms. The Bertz CT molecular complexity index is 724. The van der Waals surface area contributed by atoms with E-state index in [4.69, 9.17) is 0 Å². The van der Waals surface area contributed by atoms with E-state index in [-0.39, 0.29) is 29.2 Å². The molecule has 0 spiro atoms. The van der Waals surface area contributed by atoms with Crippen LogP contribution in [0.25, 0.3) is 0 Å². The Labute approximate surface area is 126 Å². The molecule has 0 bridgehead atoms. The Morgan fingerprint density at radius 2 is 1.68 bits per heavy atom. The lowest BCUT2D eigenvalue weighted by molar-refractivity contribution is -0.384. The van der Waals surface area contributed by atoms with Gasteiger partial charge in [-0.3, -0.25) is 14.9 Å². The molecule has 1 aliphatic rings. The maximum Gasteiger partial charge on any atom is 0.269 e. The van der Waals surface area contributed by atoms with Crippen molar-refractivity contribution in [2.75, 3.05) is 0 Å². The van der Waals surface area contributed by atoms with Crippen LogP contribution in [0.5, 0.6) is 0 Å². The Balaban J connectivity index is 1.84. The smallest absolute Gasteiger partial charge is 0.269 e. The van der Waals surface area contributed by atoms with Gasteiger partial charge in [-0.25, -0.2) is 0 Å². The third-order valence-corrected chi connectivity index (χ3v) is 4.08. The first-order chi connectivity index (χ1) is 10.6. The Morgan fingerprint density at radius 3 is 2.23 bits per heavy atom. The first-order valence-corrected chi connectivity index (χ1v) is 6.92. The summed E-state index contributed by atoms with van der Waals surface area (Å²) in [6.07, 6.45) is 0.803. The van der Waals surface area contributed by atoms with E-state index in [1.54, 1.807) is 36.4 Å². The van der Waals surface area contributed by atoms with Gasteiger partial charge in [-0.15, -0.1) is 0 Å². The van der Waals surface area contributed by atoms with E-state index >= 15 is 0 Å². The van der Waals surface area contributed by atoms with Crippen LogP contribution in [-0.4, -0.2) is 17.0 Å². The van der Waals surface area contributed by atoms with Crippen LogP contribution in [0.4, 0.5) is 5.69 Å². The predicted octanol–water partition coefficient (Wildman–Crippen LogP) is 3.01. The van der Waals surface area contributed by atoms with Crippen LogP contribution in [0, 0.1) is 22.0 Å². The van der Waals surface area contributed by atoms with Gasteiger partial charge in [-0.05, 0) is 5.56 Å². The minimum Gasteiger partial charge on any atom is -0.303 e. The maximum absolute atomic E-state index is 12.5. The molecule has 0 radical (unpaired) electrons. The topological polar surface area (TPSA) is 77.3 Å². The zero-order chi connectivity index (χ0) is 15.7. The van der Waals surface area contributed by atoms with Gasteiger partial charge < -0.3 is 4.79 Å². The van der Waals surface area contributed by atoms with Gasteiger partial charge in [0.25, 0.3) is 5.69 Å². The summed E-state index contributed by atoms with van der Waals surface area (Å²) in [5.41, 5.74) is 1.37. The summed E-state index contributed by atoms with van der Waals surface area (Å²) in [6, 6.07) is 14.9. The third-order valence-electron chi connectivity index (χ3n) is 4.08. The Morgan fingerprint density at radius 1 is 1.05 bits per heavy atom. The molecule has 0 unspecified atom stereocenters. The Kier molecular flexibility index (Phi) is 3.55. The second-order valence-corrected chi connectivity index (χ2v) is 5.34. The predicted molar refractivity (Wildman–Crippen MR) is 79.7 cm³/mol. The number of aldehydes is 1. The molecule has 0 saturated heterocycles. The fraction of sp³-hybridized carbons (Fsp3) is 0.176. The van der Waals surface area contributed by atoms with E-state index < -0.39 is 4.92 Å². The van der Waals surface area contributed by atoms with Crippen molar-refractivity contribution in [2.45, 2.75) is 5.92 Å². The number of nitro groups is 1. The van der Waals surface area contributed by atoms with E-state index in [1.165, 1.54) is 12.1 Å². The van der Waals surface area contributed by atoms with Gasteiger partial charge in [-0.1, -0.05) is 42.5 Å². The van der Waals surface area contributed by atoms with Gasteiger partial charge in [0.05, 0.1) is 4.92 Å². The largest absolute Gasteiger partial charge is 0.303 e. The van der Waals surface area contributed by atoms with Crippen molar-refractivity contribution in [1.29, 1.82) is 0 Å². The van der Waals surface area contributed by atoms with Gasteiger partial charge in [0.15, 0.2) is 5.78 Å². The minimum absolute atomic E-state index is 0.00186. The average Bonchev–Trinajstić information content (AvgIpc) is 3.29. The number of non-ortho nitro benzene ring substituents is 1. The molecule has 5 nitrogen and oxygen atoms in total. The van der Waals surface area contributed by atoms with E-state index in [1.807, 2.05) is 6.07 Å². The second kappa shape index (κ2) is 5.52. The molecule has 110 valence electrons. The quantitative estimate of drug-likeness (QED) is 0.367. The lowest BCUT2D eigenvalue weighted by atomic mass is 10.0. The van der Waals surface area contributed by atoms with Gasteiger partial charge in [0, 0.05) is 35.4 Å². The van der Waals surface area contributed by atoms with Crippen molar-refractivity contribution in [2.24, 2.45) is 11.8 Å². The number of hydrogen-bond acceptors (Lipinski definition) is 4. The van der Waals surface area contributed by atoms with Gasteiger partial charge in [-0.2, -0.15) is 0 Å². The first kappa shape index (κ1) is 14.1. The maximum atomic E-state index is 12.5. The highest BCUT2D eigenvalue weighted by Gasteiger charge is 2.55. The standard InChI is InChI=1S/C17H13NO4/c19-10-14-15(11-6-8-13(9-7-11)18(21)22)16(14)17(20)12-4-2-1-3-5-12/h1-10,14-16H/t14-,15-,16-/m1/s1. The summed E-state index contributed by atoms with van der Waals surface area (Å²) in [7, 11) is 0. The van der Waals surface area contributed by atoms with Crippen molar-refractivity contribution in [3.05, 3.63) is 75.8 Å². The van der Waals surface area contributed by atoms with Crippen LogP contribution >= 0.6 is 0 Å². The summed E-state index contributed by atoms with van der Waals surface area (Å²) in [6.45, 7) is 0. The number of benzene rings is 2. The summed E-state index contributed by atoms with van der Waals surface area (Å²) < 4.78 is 0. The van der Waals surface area contributed by atoms with E-state index in [0.29, 0.717) is 5.56 Å². The number of carbonyl (C=O) groups excluding carboxylic acids is 2. The molecule has 1 aliphatic carbocycles. The molecule has 3 rings (SSSR count). The van der Waals surface area contributed by atoms with Crippen LogP contribution in [-0.2, 0) is 4.79 Å². The molecule has 1 fully saturated rings. The van der Waals surface area contributed by atoms with Crippen molar-refractivity contribution >= 4 is 17.8 Å². The van der Waals surface area contributed by atoms with E-state index in [2.05, 4.69) is 0 Å². The molecule has 0 aliphatic heterocycles. The number of nitrogens with zero attached hydrogens (tertiary/aromatic N) is 1. The van der Waals surface area contributed by atoms with Crippen LogP contribution in [0.3, 0.4) is 0 Å². The Hall–Kier alpha value is -2.82. The SMILES string of the molecule is O=C[C@H]1[C@@H](C(=O)c2ccccc2)[C@@H]1c1ccc([N+](=O)[O-])cc1. The number of nitro benzene ring substituents is 1. The molecular weight excluding hydrogens is 282 g/mol. The summed E-state index contributed by atoms with van der Waals surface area (Å²) in [4.78, 5) is 33.9. The molecule has 3 atom stereocenters. The molecule has 0 heterocycles. The molecule has 1 saturated carbocycles. The summed E-state index contributed by atoms with van der Waals surface area (Å²) in [5, 5.41) is 10.7. The van der Waals surface area contributed by atoms with Crippen molar-refractivity contribution in [3.63, 3.8) is 0 Å². The molecular formula is C17H13NO4. The van der Waals surface area contributed by atoms with Crippen LogP contribution in [0.1, 0.15) is 21.8 Å². The van der Waals surface area contributed by atoms with Gasteiger partial charge >= 0.3 is 0 Å². The highest BCUT2D eigenvalue weighted by molar-refractivity contribution is 6.03. The lowest BCUT2D eigenvalue weighted by Crippen LogP contribution is -2.04. The highest BCUT2D eigenvalue weighted by Crippen LogP contribution is 2.54. The summed E-state index contributed by atoms with van der Waals surface area (Å²) in [5.74, 6) is -0.970. The molecule has 2 aromatic rings. The van der Waals surface area contributed by atoms with Gasteiger partial charge in [0.2, 0.25) is 0 Å². The van der Waals surface area contributed by atoms with Crippen molar-refractivity contribution < 1.29 is 14.5 Å². The zero-order valence-electron chi connectivity index (χ0n) is 11.6. The zero-order valence-corrected chi connectivity index (χ0v) is 11.6. The monoisotopic (exact) mass is 295 g/mol. The van der Waals surface area contributed by atoms with Crippen LogP contribution < -0.4 is 0 Å². The van der Waals surface area contributed by atoms with Crippen LogP contribution in [0.2, 0.25) is 0 Å². The molecule has 0 aromatic heterocycles. The lowest BCUT2D eigenvalue weighted by Gasteiger charge is -2.01. The number of carbonyl (C=O) groups is 2. The minimum atomic E-state index is -0.472. The van der Waals surface area contributed by atoms with E-state index in [0.717, 1.165) is 11.8 Å². The van der Waals surface area contributed by atoms with Crippen LogP contribution in [0.15, 0.2) is 54.6 Å². The van der Waals surface area contributed by atoms with Crippen molar-refractivity contribution in [3.8, 4) is 0 Å². The fourth-order valence-electron chi connectivity index (χ4n) is 2.88. The van der Waals surface area contributed by atoms with E-state index in [9.17, 15) is 19.7 Å². The highest BCUT2D eigenvalue weighted by atomic mass is 16.6. The number of hydrogen-bond donors (Lipinski definition) is 0. The first-order valence-electron chi connectivity index (χ1n) is 6.92. The normalized spacial score (nSPS) is 22.8. The molecule has 0 N–H and O–H groups in total. The van der Waals surface area contributed by atoms with Gasteiger partial charge in [0.1, 0.15) is 6.29 Å².